The topological polar surface area (TPSA) is 104 Å². The minimum Gasteiger partial charge on any atom is -0.378 e. The third-order valence-electron chi connectivity index (χ3n) is 8.35. The Balaban J connectivity index is 1.24. The average molecular weight is 487 g/mol. The van der Waals surface area contributed by atoms with Crippen LogP contribution in [0.4, 0.5) is 8.78 Å². The lowest BCUT2D eigenvalue weighted by molar-refractivity contribution is -0.128. The average Bonchev–Trinajstić information content (AvgIpc) is 3.24. The zero-order valence-electron chi connectivity index (χ0n) is 20.5. The summed E-state index contributed by atoms with van der Waals surface area (Å²) in [4.78, 5) is 15.0. The van der Waals surface area contributed by atoms with Crippen molar-refractivity contribution in [3.63, 3.8) is 0 Å². The lowest BCUT2D eigenvalue weighted by atomic mass is 9.77. The van der Waals surface area contributed by atoms with Crippen LogP contribution in [0.3, 0.4) is 0 Å². The smallest absolute Gasteiger partial charge is 0.223 e. The molecular weight excluding hydrogens is 442 g/mol. The van der Waals surface area contributed by atoms with E-state index < -0.39 is 12.3 Å². The van der Waals surface area contributed by atoms with Gasteiger partial charge in [0.05, 0.1) is 25.5 Å². The van der Waals surface area contributed by atoms with Gasteiger partial charge < -0.3 is 15.8 Å². The van der Waals surface area contributed by atoms with Crippen LogP contribution < -0.4 is 27.0 Å². The molecule has 0 spiro atoms. The highest BCUT2D eigenvalue weighted by molar-refractivity contribution is 5.79. The predicted octanol–water partition coefficient (Wildman–Crippen LogP) is 0.478. The Labute approximate surface area is 202 Å². The molecule has 1 amide bonds. The van der Waals surface area contributed by atoms with Crippen LogP contribution in [0.25, 0.3) is 0 Å². The molecule has 4 aliphatic rings. The number of fused-ring (bicyclic) bond motifs is 1. The lowest BCUT2D eigenvalue weighted by Crippen LogP contribution is -2.67. The second kappa shape index (κ2) is 12.4. The molecule has 4 fully saturated rings. The number of carbonyl (C=O) groups is 1. The SMILES string of the molecule is CC1CC(NC2NCCN3C(C4CCC(F)CC4F)CNC23)CCC1C(=O)NCCOCCN. The van der Waals surface area contributed by atoms with Crippen LogP contribution in [0, 0.1) is 17.8 Å². The molecule has 2 saturated heterocycles. The van der Waals surface area contributed by atoms with E-state index in [1.807, 2.05) is 0 Å². The van der Waals surface area contributed by atoms with E-state index in [0.717, 1.165) is 38.9 Å². The Morgan fingerprint density at radius 3 is 2.76 bits per heavy atom. The summed E-state index contributed by atoms with van der Waals surface area (Å²) in [5.74, 6) is 0.360. The first-order chi connectivity index (χ1) is 16.5. The van der Waals surface area contributed by atoms with Crippen molar-refractivity contribution in [3.05, 3.63) is 0 Å². The quantitative estimate of drug-likeness (QED) is 0.302. The van der Waals surface area contributed by atoms with Gasteiger partial charge in [0.2, 0.25) is 5.91 Å². The van der Waals surface area contributed by atoms with Gasteiger partial charge in [0.15, 0.2) is 0 Å². The molecule has 6 N–H and O–H groups in total. The Bertz CT molecular complexity index is 661. The molecule has 196 valence electrons. The van der Waals surface area contributed by atoms with Crippen molar-refractivity contribution >= 4 is 5.91 Å². The van der Waals surface area contributed by atoms with E-state index in [1.165, 1.54) is 0 Å². The number of nitrogens with one attached hydrogen (secondary N) is 4. The van der Waals surface area contributed by atoms with E-state index >= 15 is 0 Å². The van der Waals surface area contributed by atoms with E-state index in [2.05, 4.69) is 33.1 Å². The molecule has 2 aliphatic carbocycles. The van der Waals surface area contributed by atoms with Crippen LogP contribution in [0.1, 0.15) is 45.4 Å². The van der Waals surface area contributed by atoms with Gasteiger partial charge in [-0.2, -0.15) is 0 Å². The molecular formula is C24H44F2N6O2. The number of carbonyl (C=O) groups excluding carboxylic acids is 1. The maximum absolute atomic E-state index is 14.7. The Kier molecular flexibility index (Phi) is 9.51. The number of hydrogen-bond acceptors (Lipinski definition) is 7. The molecule has 0 aromatic heterocycles. The summed E-state index contributed by atoms with van der Waals surface area (Å²) in [6, 6.07) is 0.465. The van der Waals surface area contributed by atoms with Crippen LogP contribution in [-0.4, -0.2) is 93.5 Å². The first kappa shape index (κ1) is 26.2. The van der Waals surface area contributed by atoms with E-state index in [0.29, 0.717) is 51.1 Å². The van der Waals surface area contributed by atoms with Gasteiger partial charge in [-0.05, 0) is 38.0 Å². The van der Waals surface area contributed by atoms with E-state index in [1.54, 1.807) is 0 Å². The number of rotatable bonds is 9. The minimum atomic E-state index is -1.05. The number of alkyl halides is 2. The summed E-state index contributed by atoms with van der Waals surface area (Å²) < 4.78 is 33.7. The predicted molar refractivity (Wildman–Crippen MR) is 128 cm³/mol. The maximum atomic E-state index is 14.7. The summed E-state index contributed by atoms with van der Waals surface area (Å²) in [5, 5.41) is 14.0. The van der Waals surface area contributed by atoms with Crippen molar-refractivity contribution < 1.29 is 18.3 Å². The number of nitrogens with two attached hydrogens (primary N) is 1. The Hall–Kier alpha value is -0.910. The van der Waals surface area contributed by atoms with E-state index in [4.69, 9.17) is 10.5 Å². The fourth-order valence-corrected chi connectivity index (χ4v) is 6.58. The van der Waals surface area contributed by atoms with Crippen molar-refractivity contribution in [1.82, 2.24) is 26.2 Å². The lowest BCUT2D eigenvalue weighted by Gasteiger charge is -2.45. The molecule has 2 aliphatic heterocycles. The summed E-state index contributed by atoms with van der Waals surface area (Å²) in [5.41, 5.74) is 5.41. The molecule has 0 aromatic carbocycles. The third kappa shape index (κ3) is 6.25. The molecule has 0 bridgehead atoms. The molecule has 9 unspecified atom stereocenters. The van der Waals surface area contributed by atoms with Gasteiger partial charge >= 0.3 is 0 Å². The zero-order valence-corrected chi connectivity index (χ0v) is 20.5. The van der Waals surface area contributed by atoms with Crippen molar-refractivity contribution in [1.29, 1.82) is 0 Å². The second-order valence-corrected chi connectivity index (χ2v) is 10.6. The van der Waals surface area contributed by atoms with Crippen molar-refractivity contribution in [2.75, 3.05) is 45.9 Å². The van der Waals surface area contributed by atoms with Gasteiger partial charge in [-0.15, -0.1) is 0 Å². The van der Waals surface area contributed by atoms with E-state index in [-0.39, 0.29) is 42.5 Å². The monoisotopic (exact) mass is 486 g/mol. The standard InChI is InChI=1S/C24H44F2N6O2/c1-15-12-17(3-5-18(15)24(33)29-8-11-34-10-6-27)31-22-23-30-14-21(32(23)9-7-28-22)19-4-2-16(25)13-20(19)26/h15-23,28,30-31H,2-14,27H2,1H3,(H,29,33). The largest absolute Gasteiger partial charge is 0.378 e. The van der Waals surface area contributed by atoms with Crippen LogP contribution in [0.15, 0.2) is 0 Å². The van der Waals surface area contributed by atoms with Gasteiger partial charge in [-0.3, -0.25) is 25.6 Å². The van der Waals surface area contributed by atoms with Crippen molar-refractivity contribution in [3.8, 4) is 0 Å². The maximum Gasteiger partial charge on any atom is 0.223 e. The van der Waals surface area contributed by atoms with Crippen molar-refractivity contribution in [2.24, 2.45) is 23.5 Å². The molecule has 4 rings (SSSR count). The fraction of sp³-hybridized carbons (Fsp3) is 0.958. The Morgan fingerprint density at radius 1 is 1.15 bits per heavy atom. The molecule has 10 heteroatoms. The first-order valence-corrected chi connectivity index (χ1v) is 13.3. The van der Waals surface area contributed by atoms with Gasteiger partial charge in [-0.1, -0.05) is 6.92 Å². The highest BCUT2D eigenvalue weighted by atomic mass is 19.1. The molecule has 34 heavy (non-hydrogen) atoms. The first-order valence-electron chi connectivity index (χ1n) is 13.3. The highest BCUT2D eigenvalue weighted by Gasteiger charge is 2.47. The van der Waals surface area contributed by atoms with Crippen LogP contribution >= 0.6 is 0 Å². The minimum absolute atomic E-state index is 0.0319. The normalized spacial score (nSPS) is 41.2. The molecule has 2 heterocycles. The molecule has 8 nitrogen and oxygen atoms in total. The van der Waals surface area contributed by atoms with Gasteiger partial charge in [-0.25, -0.2) is 8.78 Å². The second-order valence-electron chi connectivity index (χ2n) is 10.6. The van der Waals surface area contributed by atoms with Crippen LogP contribution in [-0.2, 0) is 9.53 Å². The molecule has 2 saturated carbocycles. The summed E-state index contributed by atoms with van der Waals surface area (Å²) in [7, 11) is 0. The third-order valence-corrected chi connectivity index (χ3v) is 8.35. The number of amides is 1. The number of piperazine rings is 1. The number of ether oxygens (including phenoxy) is 1. The number of halogens is 2. The van der Waals surface area contributed by atoms with Crippen molar-refractivity contribution in [2.45, 2.75) is 82.2 Å². The molecule has 0 aromatic rings. The highest BCUT2D eigenvalue weighted by Crippen LogP contribution is 2.36. The summed E-state index contributed by atoms with van der Waals surface area (Å²) in [6.45, 7) is 6.66. The van der Waals surface area contributed by atoms with Gasteiger partial charge in [0.25, 0.3) is 0 Å². The fourth-order valence-electron chi connectivity index (χ4n) is 6.58. The zero-order chi connectivity index (χ0) is 24.1. The summed E-state index contributed by atoms with van der Waals surface area (Å²) >= 11 is 0. The van der Waals surface area contributed by atoms with E-state index in [9.17, 15) is 13.6 Å². The number of hydrogen-bond donors (Lipinski definition) is 5. The van der Waals surface area contributed by atoms with Gasteiger partial charge in [0, 0.05) is 63.1 Å². The van der Waals surface area contributed by atoms with Gasteiger partial charge in [0.1, 0.15) is 12.3 Å². The van der Waals surface area contributed by atoms with Crippen LogP contribution in [0.5, 0.6) is 0 Å². The number of nitrogens with zero attached hydrogens (tertiary/aromatic N) is 1. The molecule has 0 radical (unpaired) electrons. The van der Waals surface area contributed by atoms with Crippen LogP contribution in [0.2, 0.25) is 0 Å². The summed E-state index contributed by atoms with van der Waals surface area (Å²) in [6.07, 6.45) is 2.08. The Morgan fingerprint density at radius 2 is 2.00 bits per heavy atom. The molecule has 9 atom stereocenters.